The predicted octanol–water partition coefficient (Wildman–Crippen LogP) is 3.28. The van der Waals surface area contributed by atoms with Crippen LogP contribution < -0.4 is 14.8 Å². The molecule has 0 aliphatic carbocycles. The van der Waals surface area contributed by atoms with E-state index >= 15 is 0 Å². The lowest BCUT2D eigenvalue weighted by Gasteiger charge is -2.25. The SMILES string of the molecule is COC(=O)c1cc(C(=O)N[C@@H](c2ccc3c(c2)OCCO3)C(C)C)cc([N+](=O)[O-])c1. The van der Waals surface area contributed by atoms with Gasteiger partial charge in [0.2, 0.25) is 0 Å². The lowest BCUT2D eigenvalue weighted by atomic mass is 9.95. The molecule has 0 fully saturated rings. The quantitative estimate of drug-likeness (QED) is 0.438. The van der Waals surface area contributed by atoms with Gasteiger partial charge in [-0.25, -0.2) is 4.79 Å². The highest BCUT2D eigenvalue weighted by atomic mass is 16.6. The van der Waals surface area contributed by atoms with Crippen LogP contribution in [0, 0.1) is 16.0 Å². The fourth-order valence-electron chi connectivity index (χ4n) is 3.20. The van der Waals surface area contributed by atoms with Crippen molar-refractivity contribution in [2.75, 3.05) is 20.3 Å². The molecule has 2 aromatic rings. The number of hydrogen-bond donors (Lipinski definition) is 1. The molecule has 9 heteroatoms. The van der Waals surface area contributed by atoms with Crippen LogP contribution in [0.1, 0.15) is 46.2 Å². The molecule has 0 unspecified atom stereocenters. The summed E-state index contributed by atoms with van der Waals surface area (Å²) in [6.07, 6.45) is 0. The first-order valence-electron chi connectivity index (χ1n) is 9.38. The molecule has 3 rings (SSSR count). The molecule has 2 aromatic carbocycles. The Hall–Kier alpha value is -3.62. The second kappa shape index (κ2) is 8.81. The van der Waals surface area contributed by atoms with E-state index in [1.807, 2.05) is 26.0 Å². The summed E-state index contributed by atoms with van der Waals surface area (Å²) in [7, 11) is 1.16. The van der Waals surface area contributed by atoms with Crippen molar-refractivity contribution in [3.8, 4) is 11.5 Å². The minimum atomic E-state index is -0.764. The molecule has 158 valence electrons. The number of carbonyl (C=O) groups is 2. The van der Waals surface area contributed by atoms with Gasteiger partial charge in [0.25, 0.3) is 11.6 Å². The summed E-state index contributed by atoms with van der Waals surface area (Å²) in [5.74, 6) is -0.0602. The second-order valence-electron chi connectivity index (χ2n) is 7.12. The predicted molar refractivity (Wildman–Crippen MR) is 107 cm³/mol. The van der Waals surface area contributed by atoms with E-state index in [2.05, 4.69) is 10.1 Å². The minimum Gasteiger partial charge on any atom is -0.486 e. The molecule has 0 radical (unpaired) electrons. The van der Waals surface area contributed by atoms with Gasteiger partial charge in [0.15, 0.2) is 11.5 Å². The zero-order chi connectivity index (χ0) is 21.8. The zero-order valence-electron chi connectivity index (χ0n) is 16.8. The van der Waals surface area contributed by atoms with Crippen LogP contribution in [0.4, 0.5) is 5.69 Å². The van der Waals surface area contributed by atoms with Crippen molar-refractivity contribution >= 4 is 17.6 Å². The maximum absolute atomic E-state index is 12.9. The van der Waals surface area contributed by atoms with Crippen LogP contribution in [0.15, 0.2) is 36.4 Å². The summed E-state index contributed by atoms with van der Waals surface area (Å²) < 4.78 is 15.8. The van der Waals surface area contributed by atoms with E-state index < -0.39 is 22.8 Å². The fraction of sp³-hybridized carbons (Fsp3) is 0.333. The first kappa shape index (κ1) is 21.1. The van der Waals surface area contributed by atoms with Gasteiger partial charge in [-0.3, -0.25) is 14.9 Å². The van der Waals surface area contributed by atoms with E-state index in [0.717, 1.165) is 24.8 Å². The molecule has 0 spiro atoms. The van der Waals surface area contributed by atoms with Crippen molar-refractivity contribution in [3.63, 3.8) is 0 Å². The molecule has 1 heterocycles. The smallest absolute Gasteiger partial charge is 0.338 e. The molecule has 9 nitrogen and oxygen atoms in total. The molecule has 0 bridgehead atoms. The number of fused-ring (bicyclic) bond motifs is 1. The van der Waals surface area contributed by atoms with Gasteiger partial charge in [0, 0.05) is 17.7 Å². The third-order valence-corrected chi connectivity index (χ3v) is 4.69. The average molecular weight is 414 g/mol. The van der Waals surface area contributed by atoms with Crippen molar-refractivity contribution in [3.05, 3.63) is 63.2 Å². The van der Waals surface area contributed by atoms with Gasteiger partial charge in [0.05, 0.1) is 23.6 Å². The first-order chi connectivity index (χ1) is 14.3. The van der Waals surface area contributed by atoms with Gasteiger partial charge < -0.3 is 19.5 Å². The van der Waals surface area contributed by atoms with Crippen molar-refractivity contribution in [1.29, 1.82) is 0 Å². The fourth-order valence-corrected chi connectivity index (χ4v) is 3.20. The first-order valence-corrected chi connectivity index (χ1v) is 9.38. The molecule has 0 saturated carbocycles. The number of nitro groups is 1. The largest absolute Gasteiger partial charge is 0.486 e. The molecule has 1 N–H and O–H groups in total. The molecule has 0 saturated heterocycles. The number of nitrogens with zero attached hydrogens (tertiary/aromatic N) is 1. The Labute approximate surface area is 173 Å². The molecular formula is C21H22N2O7. The highest BCUT2D eigenvalue weighted by molar-refractivity contribution is 5.99. The number of ether oxygens (including phenoxy) is 3. The van der Waals surface area contributed by atoms with E-state index in [1.165, 1.54) is 6.07 Å². The van der Waals surface area contributed by atoms with Crippen molar-refractivity contribution < 1.29 is 28.7 Å². The maximum Gasteiger partial charge on any atom is 0.338 e. The molecule has 30 heavy (non-hydrogen) atoms. The molecule has 1 aliphatic heterocycles. The van der Waals surface area contributed by atoms with E-state index in [9.17, 15) is 19.7 Å². The van der Waals surface area contributed by atoms with Crippen LogP contribution >= 0.6 is 0 Å². The standard InChI is InChI=1S/C21H22N2O7/c1-12(2)19(13-4-5-17-18(11-13)30-7-6-29-17)22-20(24)14-8-15(21(25)28-3)10-16(9-14)23(26)27/h4-5,8-12,19H,6-7H2,1-3H3,(H,22,24)/t19-/m1/s1. The summed E-state index contributed by atoms with van der Waals surface area (Å²) in [5, 5.41) is 14.1. The van der Waals surface area contributed by atoms with Crippen LogP contribution in [0.3, 0.4) is 0 Å². The number of amides is 1. The summed E-state index contributed by atoms with van der Waals surface area (Å²) in [6, 6.07) is 8.52. The Bertz CT molecular complexity index is 987. The van der Waals surface area contributed by atoms with Crippen LogP contribution in [0.25, 0.3) is 0 Å². The third-order valence-electron chi connectivity index (χ3n) is 4.69. The van der Waals surface area contributed by atoms with E-state index in [1.54, 1.807) is 6.07 Å². The number of rotatable bonds is 6. The van der Waals surface area contributed by atoms with Crippen molar-refractivity contribution in [2.45, 2.75) is 19.9 Å². The minimum absolute atomic E-state index is 0.00667. The molecular weight excluding hydrogens is 392 g/mol. The van der Waals surface area contributed by atoms with Crippen LogP contribution in [0.5, 0.6) is 11.5 Å². The van der Waals surface area contributed by atoms with Crippen LogP contribution in [0.2, 0.25) is 0 Å². The third kappa shape index (κ3) is 4.51. The van der Waals surface area contributed by atoms with Gasteiger partial charge in [-0.15, -0.1) is 0 Å². The van der Waals surface area contributed by atoms with E-state index in [-0.39, 0.29) is 22.7 Å². The Morgan fingerprint density at radius 3 is 2.37 bits per heavy atom. The summed E-state index contributed by atoms with van der Waals surface area (Å²) >= 11 is 0. The van der Waals surface area contributed by atoms with Crippen LogP contribution in [-0.4, -0.2) is 37.1 Å². The number of methoxy groups -OCH3 is 1. The molecule has 1 aliphatic rings. The number of nitro benzene ring substituents is 1. The Balaban J connectivity index is 1.91. The van der Waals surface area contributed by atoms with Gasteiger partial charge in [-0.1, -0.05) is 19.9 Å². The van der Waals surface area contributed by atoms with Gasteiger partial charge in [0.1, 0.15) is 13.2 Å². The van der Waals surface area contributed by atoms with E-state index in [4.69, 9.17) is 9.47 Å². The highest BCUT2D eigenvalue weighted by Crippen LogP contribution is 2.34. The average Bonchev–Trinajstić information content (AvgIpc) is 2.75. The summed E-state index contributed by atoms with van der Waals surface area (Å²) in [6.45, 7) is 4.80. The normalized spacial score (nSPS) is 13.5. The molecule has 1 atom stereocenters. The lowest BCUT2D eigenvalue weighted by molar-refractivity contribution is -0.384. The number of esters is 1. The highest BCUT2D eigenvalue weighted by Gasteiger charge is 2.24. The molecule has 0 aromatic heterocycles. The number of benzene rings is 2. The Kier molecular flexibility index (Phi) is 6.20. The Morgan fingerprint density at radius 1 is 1.07 bits per heavy atom. The molecule has 1 amide bonds. The van der Waals surface area contributed by atoms with Crippen molar-refractivity contribution in [1.82, 2.24) is 5.32 Å². The van der Waals surface area contributed by atoms with Gasteiger partial charge in [-0.05, 0) is 29.7 Å². The van der Waals surface area contributed by atoms with Gasteiger partial charge in [-0.2, -0.15) is 0 Å². The second-order valence-corrected chi connectivity index (χ2v) is 7.12. The van der Waals surface area contributed by atoms with Gasteiger partial charge >= 0.3 is 5.97 Å². The number of nitrogens with one attached hydrogen (secondary N) is 1. The number of hydrogen-bond acceptors (Lipinski definition) is 7. The zero-order valence-corrected chi connectivity index (χ0v) is 16.8. The lowest BCUT2D eigenvalue weighted by Crippen LogP contribution is -2.32. The summed E-state index contributed by atoms with van der Waals surface area (Å²) in [4.78, 5) is 35.3. The number of carbonyl (C=O) groups excluding carboxylic acids is 2. The topological polar surface area (TPSA) is 117 Å². The van der Waals surface area contributed by atoms with E-state index in [0.29, 0.717) is 24.7 Å². The maximum atomic E-state index is 12.9. The van der Waals surface area contributed by atoms with Crippen LogP contribution in [-0.2, 0) is 4.74 Å². The Morgan fingerprint density at radius 2 is 1.73 bits per heavy atom. The van der Waals surface area contributed by atoms with Crippen molar-refractivity contribution in [2.24, 2.45) is 5.92 Å². The number of non-ortho nitro benzene ring substituents is 1. The summed E-state index contributed by atoms with van der Waals surface area (Å²) in [5.41, 5.74) is 0.356. The monoisotopic (exact) mass is 414 g/mol.